The van der Waals surface area contributed by atoms with Crippen molar-refractivity contribution in [3.8, 4) is 0 Å². The number of aromatic nitrogens is 3. The number of aryl methyl sites for hydroxylation is 1. The van der Waals surface area contributed by atoms with Gasteiger partial charge in [-0.05, 0) is 36.6 Å². The molecule has 1 aromatic heterocycles. The monoisotopic (exact) mass is 360 g/mol. The van der Waals surface area contributed by atoms with Crippen molar-refractivity contribution in [3.05, 3.63) is 65.7 Å². The number of fused-ring (bicyclic) bond motifs is 1. The molecular formula is C22H24N4O. The number of carbonyl (C=O) groups excluding carboxylic acids is 1. The number of amides is 1. The predicted octanol–water partition coefficient (Wildman–Crippen LogP) is 4.07. The van der Waals surface area contributed by atoms with Gasteiger partial charge in [0.25, 0.3) is 5.91 Å². The molecule has 5 heteroatoms. The molecule has 1 aliphatic heterocycles. The Hall–Kier alpha value is -2.95. The number of nitrogens with zero attached hydrogens (tertiary/aromatic N) is 4. The summed E-state index contributed by atoms with van der Waals surface area (Å²) in [5.74, 6) is 0.0761. The summed E-state index contributed by atoms with van der Waals surface area (Å²) in [6.45, 7) is 0.793. The van der Waals surface area contributed by atoms with Gasteiger partial charge in [0.1, 0.15) is 5.52 Å². The molecule has 1 saturated heterocycles. The van der Waals surface area contributed by atoms with Gasteiger partial charge in [-0.1, -0.05) is 60.5 Å². The van der Waals surface area contributed by atoms with E-state index in [1.807, 2.05) is 48.3 Å². The molecule has 3 aromatic rings. The van der Waals surface area contributed by atoms with E-state index in [0.29, 0.717) is 5.56 Å². The second-order valence-electron chi connectivity index (χ2n) is 7.10. The zero-order valence-electron chi connectivity index (χ0n) is 15.6. The van der Waals surface area contributed by atoms with E-state index in [9.17, 15) is 4.79 Å². The van der Waals surface area contributed by atoms with Crippen LogP contribution in [0.25, 0.3) is 17.1 Å². The fourth-order valence-corrected chi connectivity index (χ4v) is 3.71. The third-order valence-electron chi connectivity index (χ3n) is 5.23. The van der Waals surface area contributed by atoms with Crippen LogP contribution in [0.3, 0.4) is 0 Å². The van der Waals surface area contributed by atoms with Crippen molar-refractivity contribution in [2.24, 2.45) is 7.05 Å². The highest BCUT2D eigenvalue weighted by Crippen LogP contribution is 2.22. The Morgan fingerprint density at radius 2 is 1.96 bits per heavy atom. The lowest BCUT2D eigenvalue weighted by molar-refractivity contribution is 0.0719. The molecule has 5 nitrogen and oxygen atoms in total. The van der Waals surface area contributed by atoms with Crippen LogP contribution in [-0.4, -0.2) is 38.4 Å². The van der Waals surface area contributed by atoms with E-state index in [1.165, 1.54) is 6.42 Å². The fourth-order valence-electron chi connectivity index (χ4n) is 3.71. The third-order valence-corrected chi connectivity index (χ3v) is 5.23. The summed E-state index contributed by atoms with van der Waals surface area (Å²) in [4.78, 5) is 15.3. The molecule has 1 unspecified atom stereocenters. The SMILES string of the molecule is Cn1nnc2cc(C(=O)N3CCCCCC3C=Cc3ccccc3)ccc21. The van der Waals surface area contributed by atoms with Gasteiger partial charge < -0.3 is 4.90 Å². The normalized spacial score (nSPS) is 18.1. The Morgan fingerprint density at radius 3 is 2.81 bits per heavy atom. The molecule has 1 amide bonds. The number of benzene rings is 2. The fraction of sp³-hybridized carbons (Fsp3) is 0.318. The van der Waals surface area contributed by atoms with E-state index in [4.69, 9.17) is 0 Å². The van der Waals surface area contributed by atoms with Crippen molar-refractivity contribution in [1.82, 2.24) is 19.9 Å². The molecule has 1 fully saturated rings. The van der Waals surface area contributed by atoms with E-state index in [2.05, 4.69) is 34.6 Å². The molecule has 2 aromatic carbocycles. The van der Waals surface area contributed by atoms with Crippen LogP contribution in [0.15, 0.2) is 54.6 Å². The van der Waals surface area contributed by atoms with E-state index < -0.39 is 0 Å². The van der Waals surface area contributed by atoms with E-state index in [-0.39, 0.29) is 11.9 Å². The molecule has 0 spiro atoms. The van der Waals surface area contributed by atoms with E-state index in [0.717, 1.165) is 42.4 Å². The lowest BCUT2D eigenvalue weighted by Gasteiger charge is -2.28. The second-order valence-corrected chi connectivity index (χ2v) is 7.10. The van der Waals surface area contributed by atoms with Gasteiger partial charge in [0.15, 0.2) is 0 Å². The zero-order chi connectivity index (χ0) is 18.6. The molecule has 0 saturated carbocycles. The topological polar surface area (TPSA) is 51.0 Å². The summed E-state index contributed by atoms with van der Waals surface area (Å²) >= 11 is 0. The summed E-state index contributed by atoms with van der Waals surface area (Å²) in [7, 11) is 1.86. The van der Waals surface area contributed by atoms with Crippen molar-refractivity contribution in [2.45, 2.75) is 31.7 Å². The maximum Gasteiger partial charge on any atom is 0.254 e. The van der Waals surface area contributed by atoms with Gasteiger partial charge in [-0.2, -0.15) is 0 Å². The minimum Gasteiger partial charge on any atom is -0.332 e. The van der Waals surface area contributed by atoms with Crippen LogP contribution in [0.4, 0.5) is 0 Å². The van der Waals surface area contributed by atoms with Crippen molar-refractivity contribution >= 4 is 23.0 Å². The minimum atomic E-state index is 0.0761. The average Bonchev–Trinajstić information content (AvgIpc) is 2.92. The van der Waals surface area contributed by atoms with Crippen LogP contribution >= 0.6 is 0 Å². The summed E-state index contributed by atoms with van der Waals surface area (Å²) in [6, 6.07) is 16.0. The van der Waals surface area contributed by atoms with Gasteiger partial charge in [0, 0.05) is 19.2 Å². The first-order valence-electron chi connectivity index (χ1n) is 9.56. The van der Waals surface area contributed by atoms with Crippen LogP contribution in [0, 0.1) is 0 Å². The maximum absolute atomic E-state index is 13.3. The first-order chi connectivity index (χ1) is 13.2. The summed E-state index contributed by atoms with van der Waals surface area (Å²) in [6.07, 6.45) is 8.68. The van der Waals surface area contributed by atoms with E-state index >= 15 is 0 Å². The molecule has 27 heavy (non-hydrogen) atoms. The first kappa shape index (κ1) is 17.5. The largest absolute Gasteiger partial charge is 0.332 e. The molecule has 0 aliphatic carbocycles. The lowest BCUT2D eigenvalue weighted by atomic mass is 10.1. The Morgan fingerprint density at radius 1 is 1.11 bits per heavy atom. The van der Waals surface area contributed by atoms with Crippen molar-refractivity contribution < 1.29 is 4.79 Å². The molecule has 0 N–H and O–H groups in total. The second kappa shape index (κ2) is 7.74. The quantitative estimate of drug-likeness (QED) is 0.707. The Bertz CT molecular complexity index is 961. The zero-order valence-corrected chi connectivity index (χ0v) is 15.6. The summed E-state index contributed by atoms with van der Waals surface area (Å²) < 4.78 is 1.72. The number of rotatable bonds is 3. The van der Waals surface area contributed by atoms with Crippen LogP contribution < -0.4 is 0 Å². The summed E-state index contributed by atoms with van der Waals surface area (Å²) in [5, 5.41) is 8.18. The molecule has 4 rings (SSSR count). The van der Waals surface area contributed by atoms with Gasteiger partial charge >= 0.3 is 0 Å². The molecule has 0 bridgehead atoms. The third kappa shape index (κ3) is 3.77. The van der Waals surface area contributed by atoms with Crippen molar-refractivity contribution in [1.29, 1.82) is 0 Å². The van der Waals surface area contributed by atoms with Gasteiger partial charge in [-0.25, -0.2) is 4.68 Å². The number of hydrogen-bond acceptors (Lipinski definition) is 3. The van der Waals surface area contributed by atoms with Crippen LogP contribution in [-0.2, 0) is 7.05 Å². The first-order valence-corrected chi connectivity index (χ1v) is 9.56. The Labute approximate surface area is 159 Å². The Balaban J connectivity index is 1.60. The standard InChI is InChI=1S/C22H24N4O/c1-25-21-14-12-18(16-20(21)23-24-25)22(27)26-15-7-3-6-10-19(26)13-11-17-8-4-2-5-9-17/h2,4-5,8-9,11-14,16,19H,3,6-7,10,15H2,1H3. The predicted molar refractivity (Wildman–Crippen MR) is 107 cm³/mol. The molecule has 2 heterocycles. The van der Waals surface area contributed by atoms with Gasteiger partial charge in [-0.3, -0.25) is 4.79 Å². The summed E-state index contributed by atoms with van der Waals surface area (Å²) in [5.41, 5.74) is 3.54. The van der Waals surface area contributed by atoms with Gasteiger partial charge in [0.2, 0.25) is 0 Å². The average molecular weight is 360 g/mol. The molecule has 1 atom stereocenters. The number of hydrogen-bond donors (Lipinski definition) is 0. The number of carbonyl (C=O) groups is 1. The van der Waals surface area contributed by atoms with Crippen LogP contribution in [0.1, 0.15) is 41.6 Å². The lowest BCUT2D eigenvalue weighted by Crippen LogP contribution is -2.38. The Kier molecular flexibility index (Phi) is 5.01. The minimum absolute atomic E-state index is 0.0761. The highest BCUT2D eigenvalue weighted by atomic mass is 16.2. The molecule has 1 aliphatic rings. The highest BCUT2D eigenvalue weighted by molar-refractivity contribution is 5.97. The smallest absolute Gasteiger partial charge is 0.254 e. The molecule has 138 valence electrons. The highest BCUT2D eigenvalue weighted by Gasteiger charge is 2.25. The van der Waals surface area contributed by atoms with Crippen molar-refractivity contribution in [3.63, 3.8) is 0 Å². The van der Waals surface area contributed by atoms with E-state index in [1.54, 1.807) is 4.68 Å². The van der Waals surface area contributed by atoms with Crippen molar-refractivity contribution in [2.75, 3.05) is 6.54 Å². The van der Waals surface area contributed by atoms with Gasteiger partial charge in [-0.15, -0.1) is 5.10 Å². The van der Waals surface area contributed by atoms with Crippen LogP contribution in [0.2, 0.25) is 0 Å². The molecule has 0 radical (unpaired) electrons. The maximum atomic E-state index is 13.3. The number of likely N-dealkylation sites (tertiary alicyclic amines) is 1. The van der Waals surface area contributed by atoms with Gasteiger partial charge in [0.05, 0.1) is 11.6 Å². The van der Waals surface area contributed by atoms with Crippen LogP contribution in [0.5, 0.6) is 0 Å². The molecular weight excluding hydrogens is 336 g/mol.